The standard InChI is InChI=1S/C16H32N2O/c1-15(2,13-17)7-5-10-18-11-9-16(19)8-4-3-6-14(16)12-18/h14,19H,3-13,17H2,1-2H3. The fourth-order valence-corrected chi connectivity index (χ4v) is 3.73. The minimum absolute atomic E-state index is 0.279. The first-order valence-electron chi connectivity index (χ1n) is 8.10. The van der Waals surface area contributed by atoms with Gasteiger partial charge in [-0.1, -0.05) is 26.7 Å². The molecule has 0 aromatic heterocycles. The van der Waals surface area contributed by atoms with Crippen LogP contribution >= 0.6 is 0 Å². The molecular formula is C16H32N2O. The first-order valence-corrected chi connectivity index (χ1v) is 8.10. The molecule has 1 saturated heterocycles. The van der Waals surface area contributed by atoms with E-state index in [1.54, 1.807) is 0 Å². The number of nitrogens with zero attached hydrogens (tertiary/aromatic N) is 1. The molecule has 3 nitrogen and oxygen atoms in total. The Labute approximate surface area is 118 Å². The lowest BCUT2D eigenvalue weighted by Crippen LogP contribution is -2.53. The van der Waals surface area contributed by atoms with Crippen LogP contribution in [0.3, 0.4) is 0 Å². The van der Waals surface area contributed by atoms with Crippen LogP contribution in [0.4, 0.5) is 0 Å². The van der Waals surface area contributed by atoms with Gasteiger partial charge >= 0.3 is 0 Å². The minimum Gasteiger partial charge on any atom is -0.390 e. The van der Waals surface area contributed by atoms with E-state index in [1.807, 2.05) is 0 Å². The molecule has 3 heteroatoms. The highest BCUT2D eigenvalue weighted by atomic mass is 16.3. The number of nitrogens with two attached hydrogens (primary N) is 1. The SMILES string of the molecule is CC(C)(CN)CCCN1CCC2(O)CCCCC2C1. The summed E-state index contributed by atoms with van der Waals surface area (Å²) in [7, 11) is 0. The van der Waals surface area contributed by atoms with E-state index in [1.165, 1.54) is 38.6 Å². The predicted octanol–water partition coefficient (Wildman–Crippen LogP) is 2.38. The summed E-state index contributed by atoms with van der Waals surface area (Å²) >= 11 is 0. The first kappa shape index (κ1) is 15.3. The van der Waals surface area contributed by atoms with E-state index < -0.39 is 0 Å². The summed E-state index contributed by atoms with van der Waals surface area (Å²) in [5.74, 6) is 0.525. The van der Waals surface area contributed by atoms with Crippen LogP contribution < -0.4 is 5.73 Å². The Morgan fingerprint density at radius 2 is 2.11 bits per heavy atom. The molecule has 2 aliphatic rings. The maximum Gasteiger partial charge on any atom is 0.0700 e. The Morgan fingerprint density at radius 1 is 1.32 bits per heavy atom. The monoisotopic (exact) mass is 268 g/mol. The predicted molar refractivity (Wildman–Crippen MR) is 80.0 cm³/mol. The molecule has 1 heterocycles. The smallest absolute Gasteiger partial charge is 0.0700 e. The first-order chi connectivity index (χ1) is 8.95. The quantitative estimate of drug-likeness (QED) is 0.805. The van der Waals surface area contributed by atoms with Crippen molar-refractivity contribution in [3.05, 3.63) is 0 Å². The largest absolute Gasteiger partial charge is 0.390 e. The molecule has 2 atom stereocenters. The highest BCUT2D eigenvalue weighted by Gasteiger charge is 2.42. The van der Waals surface area contributed by atoms with Crippen LogP contribution in [0.1, 0.15) is 58.8 Å². The molecule has 0 spiro atoms. The molecule has 2 fully saturated rings. The van der Waals surface area contributed by atoms with Gasteiger partial charge in [0.05, 0.1) is 5.60 Å². The normalized spacial score (nSPS) is 33.2. The molecule has 1 aliphatic heterocycles. The van der Waals surface area contributed by atoms with E-state index in [0.717, 1.165) is 32.5 Å². The summed E-state index contributed by atoms with van der Waals surface area (Å²) in [6.45, 7) is 8.65. The zero-order valence-corrected chi connectivity index (χ0v) is 12.8. The van der Waals surface area contributed by atoms with Gasteiger partial charge in [0.15, 0.2) is 0 Å². The minimum atomic E-state index is -0.328. The zero-order valence-electron chi connectivity index (χ0n) is 12.8. The second-order valence-corrected chi connectivity index (χ2v) is 7.57. The van der Waals surface area contributed by atoms with E-state index >= 15 is 0 Å². The van der Waals surface area contributed by atoms with Gasteiger partial charge in [0, 0.05) is 19.0 Å². The zero-order chi connectivity index (χ0) is 13.9. The third-order valence-corrected chi connectivity index (χ3v) is 5.39. The fraction of sp³-hybridized carbons (Fsp3) is 1.00. The van der Waals surface area contributed by atoms with E-state index in [9.17, 15) is 5.11 Å². The molecule has 0 aromatic carbocycles. The van der Waals surface area contributed by atoms with Crippen molar-refractivity contribution in [1.82, 2.24) is 4.90 Å². The molecule has 112 valence electrons. The van der Waals surface area contributed by atoms with Gasteiger partial charge in [-0.05, 0) is 50.6 Å². The van der Waals surface area contributed by atoms with Crippen molar-refractivity contribution in [1.29, 1.82) is 0 Å². The van der Waals surface area contributed by atoms with E-state index in [-0.39, 0.29) is 11.0 Å². The van der Waals surface area contributed by atoms with E-state index in [4.69, 9.17) is 5.73 Å². The third kappa shape index (κ3) is 3.93. The van der Waals surface area contributed by atoms with Crippen LogP contribution in [0, 0.1) is 11.3 Å². The Bertz CT molecular complexity index is 292. The topological polar surface area (TPSA) is 49.5 Å². The highest BCUT2D eigenvalue weighted by molar-refractivity contribution is 4.95. The molecule has 2 unspecified atom stereocenters. The summed E-state index contributed by atoms with van der Waals surface area (Å²) in [6.07, 6.45) is 8.20. The van der Waals surface area contributed by atoms with Crippen LogP contribution in [0.5, 0.6) is 0 Å². The van der Waals surface area contributed by atoms with Gasteiger partial charge in [-0.25, -0.2) is 0 Å². The lowest BCUT2D eigenvalue weighted by Gasteiger charge is -2.47. The van der Waals surface area contributed by atoms with Crippen LogP contribution in [0.15, 0.2) is 0 Å². The number of rotatable bonds is 5. The van der Waals surface area contributed by atoms with Crippen LogP contribution in [-0.4, -0.2) is 41.8 Å². The molecule has 0 aromatic rings. The highest BCUT2D eigenvalue weighted by Crippen LogP contribution is 2.39. The number of hydrogen-bond donors (Lipinski definition) is 2. The Hall–Kier alpha value is -0.120. The molecule has 0 amide bonds. The lowest BCUT2D eigenvalue weighted by atomic mass is 9.71. The summed E-state index contributed by atoms with van der Waals surface area (Å²) in [5, 5.41) is 10.7. The van der Waals surface area contributed by atoms with E-state index in [2.05, 4.69) is 18.7 Å². The van der Waals surface area contributed by atoms with E-state index in [0.29, 0.717) is 5.92 Å². The number of hydrogen-bond acceptors (Lipinski definition) is 3. The van der Waals surface area contributed by atoms with Gasteiger partial charge in [-0.3, -0.25) is 0 Å². The van der Waals surface area contributed by atoms with Gasteiger partial charge in [0.1, 0.15) is 0 Å². The maximum absolute atomic E-state index is 10.7. The molecule has 1 saturated carbocycles. The average molecular weight is 268 g/mol. The van der Waals surface area contributed by atoms with Gasteiger partial charge in [-0.2, -0.15) is 0 Å². The molecule has 1 aliphatic carbocycles. The van der Waals surface area contributed by atoms with Crippen LogP contribution in [0.2, 0.25) is 0 Å². The summed E-state index contributed by atoms with van der Waals surface area (Å²) in [5.41, 5.74) is 5.73. The van der Waals surface area contributed by atoms with Crippen LogP contribution in [0.25, 0.3) is 0 Å². The number of fused-ring (bicyclic) bond motifs is 1. The second-order valence-electron chi connectivity index (χ2n) is 7.57. The van der Waals surface area contributed by atoms with Crippen molar-refractivity contribution in [2.24, 2.45) is 17.1 Å². The summed E-state index contributed by atoms with van der Waals surface area (Å²) in [6, 6.07) is 0. The van der Waals surface area contributed by atoms with Crippen molar-refractivity contribution < 1.29 is 5.11 Å². The number of aliphatic hydroxyl groups is 1. The van der Waals surface area contributed by atoms with Crippen molar-refractivity contribution in [3.8, 4) is 0 Å². The third-order valence-electron chi connectivity index (χ3n) is 5.39. The molecular weight excluding hydrogens is 236 g/mol. The average Bonchev–Trinajstić information content (AvgIpc) is 2.38. The Balaban J connectivity index is 1.75. The molecule has 0 bridgehead atoms. The molecule has 2 rings (SSSR count). The maximum atomic E-state index is 10.7. The van der Waals surface area contributed by atoms with Gasteiger partial charge in [0.2, 0.25) is 0 Å². The fourth-order valence-electron chi connectivity index (χ4n) is 3.73. The van der Waals surface area contributed by atoms with Crippen molar-refractivity contribution in [3.63, 3.8) is 0 Å². The summed E-state index contributed by atoms with van der Waals surface area (Å²) in [4.78, 5) is 2.57. The molecule has 0 radical (unpaired) electrons. The van der Waals surface area contributed by atoms with Crippen LogP contribution in [-0.2, 0) is 0 Å². The van der Waals surface area contributed by atoms with Gasteiger partial charge in [-0.15, -0.1) is 0 Å². The lowest BCUT2D eigenvalue weighted by molar-refractivity contribution is -0.0955. The van der Waals surface area contributed by atoms with Gasteiger partial charge < -0.3 is 15.7 Å². The number of piperidine rings is 1. The van der Waals surface area contributed by atoms with Gasteiger partial charge in [0.25, 0.3) is 0 Å². The van der Waals surface area contributed by atoms with Crippen molar-refractivity contribution in [2.45, 2.75) is 64.4 Å². The molecule has 3 N–H and O–H groups in total. The second kappa shape index (κ2) is 6.11. The Kier molecular flexibility index (Phi) is 4.91. The van der Waals surface area contributed by atoms with Crippen molar-refractivity contribution in [2.75, 3.05) is 26.2 Å². The Morgan fingerprint density at radius 3 is 2.84 bits per heavy atom. The van der Waals surface area contributed by atoms with Crippen molar-refractivity contribution >= 4 is 0 Å². The summed E-state index contributed by atoms with van der Waals surface area (Å²) < 4.78 is 0. The molecule has 19 heavy (non-hydrogen) atoms. The number of likely N-dealkylation sites (tertiary alicyclic amines) is 1.